The summed E-state index contributed by atoms with van der Waals surface area (Å²) >= 11 is 0. The first kappa shape index (κ1) is 46.1. The second kappa shape index (κ2) is 17.2. The lowest BCUT2D eigenvalue weighted by atomic mass is 9.88. The van der Waals surface area contributed by atoms with Crippen molar-refractivity contribution in [2.45, 2.75) is 126 Å². The molecule has 0 spiro atoms. The number of fused-ring (bicyclic) bond motifs is 3. The Balaban J connectivity index is 1.25. The van der Waals surface area contributed by atoms with Crippen LogP contribution >= 0.6 is 0 Å². The van der Waals surface area contributed by atoms with Gasteiger partial charge in [-0.2, -0.15) is 18.2 Å². The van der Waals surface area contributed by atoms with E-state index in [4.69, 9.17) is 24.2 Å². The fraction of sp³-hybridized carbons (Fsp3) is 0.667. The van der Waals surface area contributed by atoms with Gasteiger partial charge in [-0.1, -0.05) is 26.0 Å². The van der Waals surface area contributed by atoms with Crippen LogP contribution in [0.3, 0.4) is 0 Å². The number of nitrogens with zero attached hydrogens (tertiary/aromatic N) is 4. The van der Waals surface area contributed by atoms with Gasteiger partial charge in [0.25, 0.3) is 5.91 Å². The Morgan fingerprint density at radius 3 is 2.43 bits per heavy atom. The smallest absolute Gasteiger partial charge is 0.427 e. The van der Waals surface area contributed by atoms with E-state index in [1.807, 2.05) is 22.6 Å². The van der Waals surface area contributed by atoms with Gasteiger partial charge in [0.2, 0.25) is 39.3 Å². The summed E-state index contributed by atoms with van der Waals surface area (Å²) < 4.78 is 99.0. The third-order valence-corrected chi connectivity index (χ3v) is 15.2. The summed E-state index contributed by atoms with van der Waals surface area (Å²) in [6, 6.07) is 2.25. The predicted molar refractivity (Wildman–Crippen MR) is 221 cm³/mol. The molecule has 7 rings (SSSR count). The minimum absolute atomic E-state index is 0.00702. The average Bonchev–Trinajstić information content (AvgIpc) is 4.03. The highest BCUT2D eigenvalue weighted by molar-refractivity contribution is 7.91. The number of amides is 4. The molecule has 0 radical (unpaired) electrons. The highest BCUT2D eigenvalue weighted by Gasteiger charge is 2.64. The minimum Gasteiger partial charge on any atom is -0.497 e. The summed E-state index contributed by atoms with van der Waals surface area (Å²) in [7, 11) is -2.96. The number of hydrogen-bond acceptors (Lipinski definition) is 12. The van der Waals surface area contributed by atoms with E-state index in [2.05, 4.69) is 10.6 Å². The molecule has 346 valence electrons. The Labute approximate surface area is 363 Å². The molecule has 2 saturated heterocycles. The fourth-order valence-electron chi connectivity index (χ4n) is 8.70. The van der Waals surface area contributed by atoms with Gasteiger partial charge in [-0.05, 0) is 89.2 Å². The number of benzene rings is 1. The monoisotopic (exact) mass is 909 g/mol. The minimum atomic E-state index is -4.94. The maximum atomic E-state index is 14.9. The van der Waals surface area contributed by atoms with Crippen molar-refractivity contribution in [2.75, 3.05) is 38.3 Å². The van der Waals surface area contributed by atoms with Crippen LogP contribution in [0.25, 0.3) is 10.9 Å². The lowest BCUT2D eigenvalue weighted by molar-refractivity contribution is -0.244. The second-order valence-corrected chi connectivity index (χ2v) is 20.3. The Bertz CT molecular complexity index is 2250. The van der Waals surface area contributed by atoms with Gasteiger partial charge in [0.15, 0.2) is 0 Å². The predicted octanol–water partition coefficient (Wildman–Crippen LogP) is 4.86. The highest BCUT2D eigenvalue weighted by atomic mass is 32.2. The molecule has 2 aliphatic carbocycles. The standard InChI is InChI=1S/C42H55F4N7O9S/c1-24-10-6-7-11-26-21-41(26,36(56)51-63(58,59)40(23-43)14-15-40)50-33(54)31-20-28(22-53(31)35(55)32(25(2)18-24)48-38(57)62-39(3,4)42(44,45)46)61-34-29-13-12-27(60-5)19-30(29)47-37(49-34)52-16-8-9-17-52/h7,11-13,19,24-26,28,31-32H,6,8-10,14-18,20-23H2,1-5H3,(H,48,57)(H,50,54)(H,51,56)/t24-,25-,26-,28-,31+,32+,41-/m1/s1. The van der Waals surface area contributed by atoms with Crippen LogP contribution in [0.4, 0.5) is 28.3 Å². The van der Waals surface area contributed by atoms with Gasteiger partial charge in [-0.3, -0.25) is 19.1 Å². The van der Waals surface area contributed by atoms with Crippen molar-refractivity contribution in [3.63, 3.8) is 0 Å². The number of carbonyl (C=O) groups is 4. The van der Waals surface area contributed by atoms with E-state index in [0.717, 1.165) is 17.7 Å². The summed E-state index contributed by atoms with van der Waals surface area (Å²) in [6.07, 6.45) is -0.717. The van der Waals surface area contributed by atoms with Crippen molar-refractivity contribution in [2.24, 2.45) is 17.8 Å². The van der Waals surface area contributed by atoms with E-state index in [1.165, 1.54) is 7.11 Å². The molecule has 2 saturated carbocycles. The number of aromatic nitrogens is 2. The molecule has 63 heavy (non-hydrogen) atoms. The molecule has 1 aromatic carbocycles. The first-order valence-electron chi connectivity index (χ1n) is 21.4. The van der Waals surface area contributed by atoms with Crippen LogP contribution < -0.4 is 29.7 Å². The van der Waals surface area contributed by atoms with Gasteiger partial charge >= 0.3 is 12.3 Å². The van der Waals surface area contributed by atoms with Crippen LogP contribution in [0.1, 0.15) is 85.5 Å². The number of carbonyl (C=O) groups excluding carboxylic acids is 4. The summed E-state index contributed by atoms with van der Waals surface area (Å²) in [5.74, 6) is -3.06. The molecule has 3 aliphatic heterocycles. The number of alkyl carbamates (subject to hydrolysis) is 1. The van der Waals surface area contributed by atoms with Crippen molar-refractivity contribution in [3.05, 3.63) is 30.4 Å². The number of nitrogens with one attached hydrogen (secondary N) is 3. The molecule has 4 amide bonds. The normalized spacial score (nSPS) is 28.8. The summed E-state index contributed by atoms with van der Waals surface area (Å²) in [6.45, 7) is 4.90. The number of sulfonamides is 1. The number of ether oxygens (including phenoxy) is 3. The zero-order valence-electron chi connectivity index (χ0n) is 35.9. The van der Waals surface area contributed by atoms with Crippen LogP contribution in [0.15, 0.2) is 30.4 Å². The third-order valence-electron chi connectivity index (χ3n) is 13.1. The molecule has 5 aliphatic rings. The molecule has 4 fully saturated rings. The molecule has 0 bridgehead atoms. The van der Waals surface area contributed by atoms with E-state index in [0.29, 0.717) is 68.8 Å². The third kappa shape index (κ3) is 9.34. The second-order valence-electron chi connectivity index (χ2n) is 18.3. The van der Waals surface area contributed by atoms with Gasteiger partial charge in [0.05, 0.1) is 24.6 Å². The molecule has 4 heterocycles. The van der Waals surface area contributed by atoms with Crippen molar-refractivity contribution in [1.29, 1.82) is 0 Å². The largest absolute Gasteiger partial charge is 0.497 e. The Morgan fingerprint density at radius 1 is 1.06 bits per heavy atom. The SMILES string of the molecule is COc1ccc2c(O[C@@H]3C[C@H]4C(=O)N[C@]5(C(=O)NS(=O)(=O)C6(CF)CC6)C[C@H]5C=CCC[C@@H](C)C[C@@H](C)[C@H](NC(=O)OC(C)(C)C(F)(F)F)C(=O)N4C3)nc(N3CCCC3)nc2c1. The Kier molecular flexibility index (Phi) is 12.6. The van der Waals surface area contributed by atoms with E-state index >= 15 is 0 Å². The van der Waals surface area contributed by atoms with E-state index in [1.54, 1.807) is 31.2 Å². The van der Waals surface area contributed by atoms with Crippen LogP contribution in [0.2, 0.25) is 0 Å². The van der Waals surface area contributed by atoms with E-state index in [-0.39, 0.29) is 44.0 Å². The van der Waals surface area contributed by atoms with Crippen LogP contribution in [0.5, 0.6) is 11.6 Å². The summed E-state index contributed by atoms with van der Waals surface area (Å²) in [5, 5.41) is 5.63. The van der Waals surface area contributed by atoms with Gasteiger partial charge in [-0.15, -0.1) is 0 Å². The Morgan fingerprint density at radius 2 is 1.78 bits per heavy atom. The average molecular weight is 910 g/mol. The lowest BCUT2D eigenvalue weighted by Crippen LogP contribution is -2.60. The zero-order valence-corrected chi connectivity index (χ0v) is 36.7. The number of hydrogen-bond donors (Lipinski definition) is 3. The Hall–Kier alpha value is -4.95. The van der Waals surface area contributed by atoms with E-state index < -0.39 is 92.6 Å². The van der Waals surface area contributed by atoms with Crippen LogP contribution in [0, 0.1) is 17.8 Å². The first-order chi connectivity index (χ1) is 29.6. The van der Waals surface area contributed by atoms with Crippen molar-refractivity contribution >= 4 is 50.7 Å². The molecule has 16 nitrogen and oxygen atoms in total. The number of allylic oxidation sites excluding steroid dienone is 1. The van der Waals surface area contributed by atoms with Crippen LogP contribution in [-0.2, 0) is 29.1 Å². The lowest BCUT2D eigenvalue weighted by Gasteiger charge is -2.34. The van der Waals surface area contributed by atoms with Gasteiger partial charge < -0.3 is 34.6 Å². The van der Waals surface area contributed by atoms with Crippen LogP contribution in [-0.4, -0.2) is 121 Å². The fourth-order valence-corrected chi connectivity index (χ4v) is 10.1. The number of rotatable bonds is 10. The number of alkyl halides is 4. The molecule has 21 heteroatoms. The maximum Gasteiger partial charge on any atom is 0.427 e. The first-order valence-corrected chi connectivity index (χ1v) is 22.9. The molecule has 3 N–H and O–H groups in total. The van der Waals surface area contributed by atoms with Gasteiger partial charge in [-0.25, -0.2) is 22.6 Å². The topological polar surface area (TPSA) is 198 Å². The van der Waals surface area contributed by atoms with Crippen molar-refractivity contribution < 1.29 is 59.4 Å². The number of halogens is 4. The summed E-state index contributed by atoms with van der Waals surface area (Å²) in [4.78, 5) is 69.5. The highest BCUT2D eigenvalue weighted by Crippen LogP contribution is 2.48. The molecule has 7 atom stereocenters. The molecular formula is C42H55F4N7O9S. The summed E-state index contributed by atoms with van der Waals surface area (Å²) in [5.41, 5.74) is -4.19. The van der Waals surface area contributed by atoms with Crippen molar-refractivity contribution in [1.82, 2.24) is 30.2 Å². The van der Waals surface area contributed by atoms with E-state index in [9.17, 15) is 45.2 Å². The maximum absolute atomic E-state index is 14.9. The molecular weight excluding hydrogens is 855 g/mol. The van der Waals surface area contributed by atoms with Gasteiger partial charge in [0, 0.05) is 31.5 Å². The molecule has 1 aromatic heterocycles. The zero-order chi connectivity index (χ0) is 45.7. The quantitative estimate of drug-likeness (QED) is 0.217. The molecule has 2 aromatic rings. The van der Waals surface area contributed by atoms with Gasteiger partial charge in [0.1, 0.15) is 40.9 Å². The number of methoxy groups -OCH3 is 1. The van der Waals surface area contributed by atoms with Crippen molar-refractivity contribution in [3.8, 4) is 11.6 Å². The molecule has 0 unspecified atom stereocenters. The number of anilines is 1.